The van der Waals surface area contributed by atoms with E-state index >= 15 is 0 Å². The lowest BCUT2D eigenvalue weighted by Crippen LogP contribution is -2.12. The molecule has 1 amide bonds. The lowest BCUT2D eigenvalue weighted by atomic mass is 10.3. The van der Waals surface area contributed by atoms with Gasteiger partial charge in [-0.05, 0) is 19.1 Å². The van der Waals surface area contributed by atoms with Gasteiger partial charge in [-0.2, -0.15) is 0 Å². The maximum Gasteiger partial charge on any atom is 0.311 e. The number of hydrogen-bond donors (Lipinski definition) is 1. The number of esters is 1. The number of nitrogens with zero attached hydrogens (tertiary/aromatic N) is 2. The van der Waals surface area contributed by atoms with Gasteiger partial charge in [0.15, 0.2) is 10.7 Å². The van der Waals surface area contributed by atoms with Gasteiger partial charge in [0.2, 0.25) is 5.91 Å². The molecular formula is C17H17N3O4S2. The second-order valence-electron chi connectivity index (χ2n) is 5.22. The highest BCUT2D eigenvalue weighted by Gasteiger charge is 2.11. The molecule has 2 heterocycles. The maximum atomic E-state index is 12.0. The van der Waals surface area contributed by atoms with E-state index < -0.39 is 0 Å². The van der Waals surface area contributed by atoms with Crippen LogP contribution in [0.4, 0.5) is 5.13 Å². The molecule has 0 bridgehead atoms. The van der Waals surface area contributed by atoms with Gasteiger partial charge in [0, 0.05) is 17.6 Å². The smallest absolute Gasteiger partial charge is 0.311 e. The normalized spacial score (nSPS) is 10.8. The summed E-state index contributed by atoms with van der Waals surface area (Å²) in [6, 6.07) is 7.53. The van der Waals surface area contributed by atoms with Crippen LogP contribution in [-0.4, -0.2) is 34.2 Å². The lowest BCUT2D eigenvalue weighted by Gasteiger charge is -2.00. The van der Waals surface area contributed by atoms with Crippen molar-refractivity contribution >= 4 is 51.2 Å². The van der Waals surface area contributed by atoms with Gasteiger partial charge in [-0.25, -0.2) is 9.97 Å². The van der Waals surface area contributed by atoms with Gasteiger partial charge < -0.3 is 14.5 Å². The number of anilines is 1. The minimum Gasteiger partial charge on any atom is -0.466 e. The van der Waals surface area contributed by atoms with E-state index in [-0.39, 0.29) is 18.3 Å². The van der Waals surface area contributed by atoms with Gasteiger partial charge in [0.25, 0.3) is 5.22 Å². The molecule has 0 saturated carbocycles. The van der Waals surface area contributed by atoms with E-state index in [0.29, 0.717) is 34.8 Å². The van der Waals surface area contributed by atoms with E-state index in [9.17, 15) is 9.59 Å². The zero-order chi connectivity index (χ0) is 18.4. The quantitative estimate of drug-likeness (QED) is 0.464. The molecular weight excluding hydrogens is 374 g/mol. The Bertz CT molecular complexity index is 873. The Balaban J connectivity index is 1.44. The molecule has 0 radical (unpaired) electrons. The van der Waals surface area contributed by atoms with Crippen molar-refractivity contribution in [2.24, 2.45) is 0 Å². The van der Waals surface area contributed by atoms with Crippen molar-refractivity contribution in [2.45, 2.75) is 25.0 Å². The van der Waals surface area contributed by atoms with Crippen molar-refractivity contribution in [1.29, 1.82) is 0 Å². The Hall–Kier alpha value is -2.39. The molecule has 0 spiro atoms. The van der Waals surface area contributed by atoms with Gasteiger partial charge >= 0.3 is 5.97 Å². The van der Waals surface area contributed by atoms with Crippen LogP contribution in [0.5, 0.6) is 0 Å². The summed E-state index contributed by atoms with van der Waals surface area (Å²) in [5, 5.41) is 5.49. The number of aromatic nitrogens is 2. The number of rotatable bonds is 8. The van der Waals surface area contributed by atoms with E-state index in [4.69, 9.17) is 9.15 Å². The number of carbonyl (C=O) groups excluding carboxylic acids is 2. The Morgan fingerprint density at radius 1 is 1.31 bits per heavy atom. The number of thiazole rings is 1. The van der Waals surface area contributed by atoms with Crippen LogP contribution in [0.15, 0.2) is 39.3 Å². The monoisotopic (exact) mass is 391 g/mol. The standard InChI is InChI=1S/C17H17N3O4S2/c1-2-23-15(22)9-11-10-26-16(18-11)20-14(21)7-8-25-17-19-12-5-3-4-6-13(12)24-17/h3-6,10H,2,7-9H2,1H3,(H,18,20,21). The van der Waals surface area contributed by atoms with Crippen LogP contribution in [0, 0.1) is 0 Å². The molecule has 136 valence electrons. The number of amides is 1. The Kier molecular flexibility index (Phi) is 6.24. The Morgan fingerprint density at radius 3 is 2.96 bits per heavy atom. The molecule has 0 saturated heterocycles. The topological polar surface area (TPSA) is 94.3 Å². The van der Waals surface area contributed by atoms with Gasteiger partial charge in [0.05, 0.1) is 18.7 Å². The third-order valence-electron chi connectivity index (χ3n) is 3.26. The highest BCUT2D eigenvalue weighted by Crippen LogP contribution is 2.24. The molecule has 26 heavy (non-hydrogen) atoms. The molecule has 0 aliphatic carbocycles. The zero-order valence-electron chi connectivity index (χ0n) is 14.1. The van der Waals surface area contributed by atoms with Crippen molar-refractivity contribution < 1.29 is 18.7 Å². The minimum atomic E-state index is -0.328. The maximum absolute atomic E-state index is 12.0. The van der Waals surface area contributed by atoms with Crippen molar-refractivity contribution in [1.82, 2.24) is 9.97 Å². The first kappa shape index (κ1) is 18.4. The van der Waals surface area contributed by atoms with Crippen LogP contribution >= 0.6 is 23.1 Å². The first-order valence-corrected chi connectivity index (χ1v) is 9.89. The molecule has 0 atom stereocenters. The van der Waals surface area contributed by atoms with Gasteiger partial charge in [-0.1, -0.05) is 23.9 Å². The summed E-state index contributed by atoms with van der Waals surface area (Å²) in [5.74, 6) is 0.0655. The number of carbonyl (C=O) groups is 2. The van der Waals surface area contributed by atoms with Crippen molar-refractivity contribution in [2.75, 3.05) is 17.7 Å². The Morgan fingerprint density at radius 2 is 2.15 bits per heavy atom. The molecule has 9 heteroatoms. The number of ether oxygens (including phenoxy) is 1. The summed E-state index contributed by atoms with van der Waals surface area (Å²) < 4.78 is 10.5. The van der Waals surface area contributed by atoms with Gasteiger partial charge in [-0.15, -0.1) is 11.3 Å². The number of fused-ring (bicyclic) bond motifs is 1. The summed E-state index contributed by atoms with van der Waals surface area (Å²) in [6.45, 7) is 2.09. The summed E-state index contributed by atoms with van der Waals surface area (Å²) in [7, 11) is 0. The number of benzene rings is 1. The van der Waals surface area contributed by atoms with Crippen LogP contribution in [0.25, 0.3) is 11.1 Å². The largest absolute Gasteiger partial charge is 0.466 e. The van der Waals surface area contributed by atoms with Gasteiger partial charge in [-0.3, -0.25) is 9.59 Å². The van der Waals surface area contributed by atoms with Crippen LogP contribution < -0.4 is 5.32 Å². The average molecular weight is 391 g/mol. The van der Waals surface area contributed by atoms with Crippen LogP contribution in [0.3, 0.4) is 0 Å². The summed E-state index contributed by atoms with van der Waals surface area (Å²) in [6.07, 6.45) is 0.407. The molecule has 3 aromatic rings. The predicted octanol–water partition coefficient (Wildman–Crippen LogP) is 3.51. The predicted molar refractivity (Wildman–Crippen MR) is 100 cm³/mol. The van der Waals surface area contributed by atoms with E-state index in [0.717, 1.165) is 11.1 Å². The minimum absolute atomic E-state index is 0.105. The molecule has 0 fully saturated rings. The van der Waals surface area contributed by atoms with Crippen LogP contribution in [0.1, 0.15) is 19.0 Å². The molecule has 0 aliphatic heterocycles. The van der Waals surface area contributed by atoms with Crippen molar-refractivity contribution in [3.63, 3.8) is 0 Å². The second kappa shape index (κ2) is 8.81. The van der Waals surface area contributed by atoms with E-state index in [2.05, 4.69) is 15.3 Å². The summed E-state index contributed by atoms with van der Waals surface area (Å²) in [4.78, 5) is 32.0. The van der Waals surface area contributed by atoms with E-state index in [1.807, 2.05) is 24.3 Å². The summed E-state index contributed by atoms with van der Waals surface area (Å²) in [5.41, 5.74) is 2.12. The fourth-order valence-electron chi connectivity index (χ4n) is 2.13. The average Bonchev–Trinajstić information content (AvgIpc) is 3.21. The van der Waals surface area contributed by atoms with Gasteiger partial charge in [0.1, 0.15) is 5.52 Å². The third kappa shape index (κ3) is 5.06. The SMILES string of the molecule is CCOC(=O)Cc1csc(NC(=O)CCSc2nc3ccccc3o2)n1. The fraction of sp³-hybridized carbons (Fsp3) is 0.294. The lowest BCUT2D eigenvalue weighted by molar-refractivity contribution is -0.142. The Labute approximate surface area is 158 Å². The molecule has 0 aliphatic rings. The zero-order valence-corrected chi connectivity index (χ0v) is 15.7. The molecule has 1 aromatic carbocycles. The molecule has 1 N–H and O–H groups in total. The van der Waals surface area contributed by atoms with Crippen LogP contribution in [0.2, 0.25) is 0 Å². The molecule has 2 aromatic heterocycles. The number of oxazole rings is 1. The third-order valence-corrected chi connectivity index (χ3v) is 4.89. The first-order chi connectivity index (χ1) is 12.6. The molecule has 0 unspecified atom stereocenters. The highest BCUT2D eigenvalue weighted by atomic mass is 32.2. The number of para-hydroxylation sites is 2. The van der Waals surface area contributed by atoms with Crippen LogP contribution in [-0.2, 0) is 20.7 Å². The van der Waals surface area contributed by atoms with Crippen molar-refractivity contribution in [3.8, 4) is 0 Å². The summed E-state index contributed by atoms with van der Waals surface area (Å²) >= 11 is 2.67. The fourth-order valence-corrected chi connectivity index (χ4v) is 3.63. The number of nitrogens with one attached hydrogen (secondary N) is 1. The second-order valence-corrected chi connectivity index (χ2v) is 7.12. The van der Waals surface area contributed by atoms with E-state index in [1.54, 1.807) is 12.3 Å². The molecule has 7 nitrogen and oxygen atoms in total. The molecule has 3 rings (SSSR count). The van der Waals surface area contributed by atoms with E-state index in [1.165, 1.54) is 23.1 Å². The highest BCUT2D eigenvalue weighted by molar-refractivity contribution is 7.99. The number of hydrogen-bond acceptors (Lipinski definition) is 8. The van der Waals surface area contributed by atoms with Crippen molar-refractivity contribution in [3.05, 3.63) is 35.3 Å². The first-order valence-electron chi connectivity index (χ1n) is 8.02. The number of thioether (sulfide) groups is 1.